The van der Waals surface area contributed by atoms with E-state index >= 15 is 0 Å². The highest BCUT2D eigenvalue weighted by molar-refractivity contribution is 5.53. The molecule has 0 radical (unpaired) electrons. The van der Waals surface area contributed by atoms with Crippen molar-refractivity contribution in [2.24, 2.45) is 5.92 Å². The normalized spacial score (nSPS) is 8.94. The van der Waals surface area contributed by atoms with Crippen LogP contribution >= 0.6 is 0 Å². The number of carbonyl (C=O) groups is 1. The summed E-state index contributed by atoms with van der Waals surface area (Å²) in [7, 11) is 0. The molecule has 0 saturated carbocycles. The van der Waals surface area contributed by atoms with Gasteiger partial charge in [0.05, 0.1) is 0 Å². The second kappa shape index (κ2) is 14.8. The Balaban J connectivity index is 0. The first-order valence-corrected chi connectivity index (χ1v) is 6.38. The number of rotatable bonds is 6. The van der Waals surface area contributed by atoms with Gasteiger partial charge in [0.1, 0.15) is 0 Å². The number of hydrogen-bond acceptors (Lipinski definition) is 1. The number of unbranched alkanes of at least 4 members (excludes halogenated alkanes) is 4. The monoisotopic (exact) mass is 242 g/mol. The second-order valence-electron chi connectivity index (χ2n) is 4.38. The predicted octanol–water partition coefficient (Wildman–Crippen LogP) is 4.62. The molecule has 0 aliphatic rings. The molecule has 0 rings (SSSR count). The summed E-state index contributed by atoms with van der Waals surface area (Å²) >= 11 is 0. The zero-order valence-corrected chi connectivity index (χ0v) is 11.3. The number of carboxylic acid groups (broad SMARTS) is 2. The third kappa shape index (κ3) is 31.3. The van der Waals surface area contributed by atoms with Gasteiger partial charge in [0, 0.05) is 12.8 Å². The molecule has 0 fully saturated rings. The van der Waals surface area contributed by atoms with Crippen molar-refractivity contribution in [2.75, 3.05) is 0 Å². The van der Waals surface area contributed by atoms with Crippen molar-refractivity contribution in [1.82, 2.24) is 0 Å². The van der Waals surface area contributed by atoms with Gasteiger partial charge in [0.15, 0.2) is 0 Å². The zero-order chi connectivity index (χ0) is 13.5. The minimum atomic E-state index is -1.83. The van der Waals surface area contributed by atoms with E-state index in [1.54, 1.807) is 0 Å². The van der Waals surface area contributed by atoms with E-state index in [0.717, 1.165) is 18.8 Å². The molecular formula is C14H26O3. The molecule has 0 amide bonds. The molecule has 3 nitrogen and oxygen atoms in total. The molecule has 17 heavy (non-hydrogen) atoms. The fourth-order valence-electron chi connectivity index (χ4n) is 1.18. The highest BCUT2D eigenvalue weighted by atomic mass is 16.6. The summed E-state index contributed by atoms with van der Waals surface area (Å²) in [5.41, 5.74) is 0. The predicted molar refractivity (Wildman–Crippen MR) is 71.3 cm³/mol. The van der Waals surface area contributed by atoms with Crippen molar-refractivity contribution in [3.05, 3.63) is 0 Å². The van der Waals surface area contributed by atoms with Gasteiger partial charge in [-0.2, -0.15) is 0 Å². The Morgan fingerprint density at radius 2 is 1.59 bits per heavy atom. The molecule has 3 heteroatoms. The molecule has 0 aliphatic carbocycles. The van der Waals surface area contributed by atoms with Crippen LogP contribution in [0.2, 0.25) is 0 Å². The Morgan fingerprint density at radius 1 is 1.06 bits per heavy atom. The van der Waals surface area contributed by atoms with Crippen molar-refractivity contribution >= 4 is 6.16 Å². The lowest BCUT2D eigenvalue weighted by Gasteiger charge is -1.96. The van der Waals surface area contributed by atoms with Crippen LogP contribution in [-0.4, -0.2) is 16.4 Å². The molecule has 0 saturated heterocycles. The van der Waals surface area contributed by atoms with Crippen LogP contribution in [0.4, 0.5) is 4.79 Å². The third-order valence-corrected chi connectivity index (χ3v) is 2.13. The van der Waals surface area contributed by atoms with E-state index < -0.39 is 6.16 Å². The topological polar surface area (TPSA) is 57.5 Å². The standard InChI is InChI=1S/C13H24.CH2O3/c1-4-5-6-7-8-9-10-11-12-13(2)3;2-1(3)4/h13H,4-8,11-12H2,1-3H3;(H2,2,3,4). The Morgan fingerprint density at radius 3 is 2.06 bits per heavy atom. The Bertz CT molecular complexity index is 219. The van der Waals surface area contributed by atoms with Gasteiger partial charge in [0.25, 0.3) is 0 Å². The minimum absolute atomic E-state index is 0.800. The smallest absolute Gasteiger partial charge is 0.450 e. The maximum absolute atomic E-state index is 8.56. The number of hydrogen-bond donors (Lipinski definition) is 2. The van der Waals surface area contributed by atoms with Crippen molar-refractivity contribution in [3.63, 3.8) is 0 Å². The second-order valence-corrected chi connectivity index (χ2v) is 4.38. The summed E-state index contributed by atoms with van der Waals surface area (Å²) in [5, 5.41) is 13.9. The van der Waals surface area contributed by atoms with Gasteiger partial charge in [-0.15, -0.1) is 11.8 Å². The van der Waals surface area contributed by atoms with Gasteiger partial charge in [-0.05, 0) is 18.8 Å². The molecule has 0 aromatic heterocycles. The Kier molecular flexibility index (Phi) is 15.9. The van der Waals surface area contributed by atoms with E-state index in [-0.39, 0.29) is 0 Å². The summed E-state index contributed by atoms with van der Waals surface area (Å²) in [6.45, 7) is 6.75. The summed E-state index contributed by atoms with van der Waals surface area (Å²) in [5.74, 6) is 7.29. The van der Waals surface area contributed by atoms with Gasteiger partial charge >= 0.3 is 6.16 Å². The molecular weight excluding hydrogens is 216 g/mol. The first-order valence-electron chi connectivity index (χ1n) is 6.38. The molecule has 100 valence electrons. The molecule has 0 aromatic carbocycles. The summed E-state index contributed by atoms with van der Waals surface area (Å²) in [6, 6.07) is 0. The Hall–Kier alpha value is -1.17. The van der Waals surface area contributed by atoms with Gasteiger partial charge in [-0.1, -0.05) is 40.0 Å². The van der Waals surface area contributed by atoms with E-state index in [1.807, 2.05) is 0 Å². The molecule has 0 spiro atoms. The van der Waals surface area contributed by atoms with Crippen molar-refractivity contribution in [2.45, 2.75) is 65.7 Å². The lowest BCUT2D eigenvalue weighted by molar-refractivity contribution is 0.137. The quantitative estimate of drug-likeness (QED) is 0.528. The fraction of sp³-hybridized carbons (Fsp3) is 0.786. The van der Waals surface area contributed by atoms with Gasteiger partial charge in [0.2, 0.25) is 0 Å². The third-order valence-electron chi connectivity index (χ3n) is 2.13. The lowest BCUT2D eigenvalue weighted by Crippen LogP contribution is -1.83. The average molecular weight is 242 g/mol. The highest BCUT2D eigenvalue weighted by Gasteiger charge is 1.89. The molecule has 0 heterocycles. The molecule has 0 atom stereocenters. The van der Waals surface area contributed by atoms with Crippen LogP contribution in [0.5, 0.6) is 0 Å². The average Bonchev–Trinajstić information content (AvgIpc) is 2.21. The lowest BCUT2D eigenvalue weighted by atomic mass is 10.1. The highest BCUT2D eigenvalue weighted by Crippen LogP contribution is 2.03. The van der Waals surface area contributed by atoms with Crippen LogP contribution in [0.3, 0.4) is 0 Å². The van der Waals surface area contributed by atoms with Crippen molar-refractivity contribution in [1.29, 1.82) is 0 Å². The van der Waals surface area contributed by atoms with E-state index in [4.69, 9.17) is 15.0 Å². The van der Waals surface area contributed by atoms with Crippen LogP contribution in [0.15, 0.2) is 0 Å². The SMILES string of the molecule is CCCCCCC#CCCC(C)C.O=C(O)O. The first-order chi connectivity index (χ1) is 8.00. The molecule has 0 unspecified atom stereocenters. The van der Waals surface area contributed by atoms with Crippen molar-refractivity contribution < 1.29 is 15.0 Å². The molecule has 2 N–H and O–H groups in total. The molecule has 0 aromatic rings. The van der Waals surface area contributed by atoms with E-state index in [9.17, 15) is 0 Å². The zero-order valence-electron chi connectivity index (χ0n) is 11.3. The fourth-order valence-corrected chi connectivity index (χ4v) is 1.18. The minimum Gasteiger partial charge on any atom is -0.450 e. The molecule has 0 aliphatic heterocycles. The molecule has 0 bridgehead atoms. The van der Waals surface area contributed by atoms with E-state index in [1.165, 1.54) is 32.1 Å². The summed E-state index contributed by atoms with van der Waals surface area (Å²) in [4.78, 5) is 8.56. The maximum atomic E-state index is 8.56. The largest absolute Gasteiger partial charge is 0.503 e. The van der Waals surface area contributed by atoms with Crippen LogP contribution in [0.25, 0.3) is 0 Å². The summed E-state index contributed by atoms with van der Waals surface area (Å²) in [6.07, 6.45) is 6.96. The maximum Gasteiger partial charge on any atom is 0.503 e. The van der Waals surface area contributed by atoms with Crippen LogP contribution in [0.1, 0.15) is 65.7 Å². The van der Waals surface area contributed by atoms with Crippen LogP contribution in [0, 0.1) is 17.8 Å². The van der Waals surface area contributed by atoms with E-state index in [2.05, 4.69) is 32.6 Å². The summed E-state index contributed by atoms with van der Waals surface area (Å²) < 4.78 is 0. The van der Waals surface area contributed by atoms with Gasteiger partial charge in [-0.3, -0.25) is 0 Å². The van der Waals surface area contributed by atoms with Crippen LogP contribution in [-0.2, 0) is 0 Å². The van der Waals surface area contributed by atoms with Crippen molar-refractivity contribution in [3.8, 4) is 11.8 Å². The Labute approximate surface area is 105 Å². The van der Waals surface area contributed by atoms with Crippen LogP contribution < -0.4 is 0 Å². The van der Waals surface area contributed by atoms with E-state index in [0.29, 0.717) is 0 Å². The van der Waals surface area contributed by atoms with Gasteiger partial charge in [-0.25, -0.2) is 4.79 Å². The first kappa shape index (κ1) is 18.2. The van der Waals surface area contributed by atoms with Gasteiger partial charge < -0.3 is 10.2 Å².